The molecule has 0 saturated carbocycles. The molecule has 0 radical (unpaired) electrons. The first-order valence-corrected chi connectivity index (χ1v) is 4.10. The molecule has 0 aromatic rings. The number of hydrogen-bond donors (Lipinski definition) is 0. The van der Waals surface area contributed by atoms with E-state index in [0.29, 0.717) is 0 Å². The van der Waals surface area contributed by atoms with E-state index in [4.69, 9.17) is 0 Å². The van der Waals surface area contributed by atoms with Crippen LogP contribution in [0.3, 0.4) is 0 Å². The Balaban J connectivity index is 2.88. The summed E-state index contributed by atoms with van der Waals surface area (Å²) < 4.78 is 0. The molecule has 0 aliphatic carbocycles. The molecule has 0 bridgehead atoms. The van der Waals surface area contributed by atoms with Gasteiger partial charge in [0, 0.05) is 0 Å². The van der Waals surface area contributed by atoms with E-state index in [1.807, 2.05) is 0 Å². The van der Waals surface area contributed by atoms with Gasteiger partial charge in [-0.3, -0.25) is 0 Å². The van der Waals surface area contributed by atoms with Crippen LogP contribution in [0.4, 0.5) is 0 Å². The van der Waals surface area contributed by atoms with Gasteiger partial charge >= 0.3 is 0 Å². The Hall–Kier alpha value is -0.130. The summed E-state index contributed by atoms with van der Waals surface area (Å²) in [6, 6.07) is 0. The predicted octanol–water partition coefficient (Wildman–Crippen LogP) is 3.43. The molecule has 0 fully saturated rings. The Labute approximate surface area is 59.7 Å². The van der Waals surface area contributed by atoms with Gasteiger partial charge in [-0.1, -0.05) is 19.8 Å². The smallest absolute Gasteiger partial charge is 0.0654 e. The zero-order valence-electron chi connectivity index (χ0n) is 6.98. The first-order valence-electron chi connectivity index (χ1n) is 4.10. The van der Waals surface area contributed by atoms with Gasteiger partial charge in [-0.25, -0.2) is 0 Å². The number of hydrogen-bond acceptors (Lipinski definition) is 0. The van der Waals surface area contributed by atoms with Crippen LogP contribution in [0.5, 0.6) is 0 Å². The molecule has 54 valence electrons. The molecule has 0 aliphatic heterocycles. The van der Waals surface area contributed by atoms with Crippen LogP contribution < -0.4 is 0 Å². The van der Waals surface area contributed by atoms with E-state index < -0.39 is 0 Å². The van der Waals surface area contributed by atoms with Gasteiger partial charge < -0.3 is 0 Å². The fraction of sp³-hybridized carbons (Fsp3) is 0.889. The van der Waals surface area contributed by atoms with Crippen LogP contribution in [-0.2, 0) is 0 Å². The molecule has 0 N–H and O–H groups in total. The average Bonchev–Trinajstić information content (AvgIpc) is 1.89. The third-order valence-corrected chi connectivity index (χ3v) is 1.83. The lowest BCUT2D eigenvalue weighted by Gasteiger charge is -1.98. The van der Waals surface area contributed by atoms with Crippen molar-refractivity contribution in [3.05, 3.63) is 6.42 Å². The fourth-order valence-corrected chi connectivity index (χ4v) is 0.883. The summed E-state index contributed by atoms with van der Waals surface area (Å²) >= 11 is 0. The van der Waals surface area contributed by atoms with Crippen molar-refractivity contribution in [2.75, 3.05) is 0 Å². The van der Waals surface area contributed by atoms with Gasteiger partial charge in [-0.05, 0) is 19.8 Å². The molecule has 0 amide bonds. The van der Waals surface area contributed by atoms with Crippen LogP contribution in [0, 0.1) is 12.3 Å². The Morgan fingerprint density at radius 1 is 1.33 bits per heavy atom. The highest BCUT2D eigenvalue weighted by Crippen LogP contribution is 2.10. The standard InChI is InChI=1S/C9H19/c1-4-6-7-8-9(3)5-2/h5,9H,4,6-8H2,1-3H3/q+1. The van der Waals surface area contributed by atoms with Crippen LogP contribution in [0.15, 0.2) is 0 Å². The summed E-state index contributed by atoms with van der Waals surface area (Å²) in [6.45, 7) is 6.69. The van der Waals surface area contributed by atoms with Gasteiger partial charge in [-0.2, -0.15) is 0 Å². The molecule has 0 spiro atoms. The highest BCUT2D eigenvalue weighted by Gasteiger charge is 2.03. The quantitative estimate of drug-likeness (QED) is 0.392. The van der Waals surface area contributed by atoms with Gasteiger partial charge in [-0.15, -0.1) is 0 Å². The fourth-order valence-electron chi connectivity index (χ4n) is 0.883. The van der Waals surface area contributed by atoms with E-state index in [0.717, 1.165) is 5.92 Å². The maximum atomic E-state index is 2.29. The van der Waals surface area contributed by atoms with Crippen molar-refractivity contribution in [2.24, 2.45) is 5.92 Å². The normalized spacial score (nSPS) is 13.2. The van der Waals surface area contributed by atoms with Crippen molar-refractivity contribution in [1.29, 1.82) is 0 Å². The summed E-state index contributed by atoms with van der Waals surface area (Å²) in [5.41, 5.74) is 0. The molecular weight excluding hydrogens is 108 g/mol. The zero-order chi connectivity index (χ0) is 7.11. The van der Waals surface area contributed by atoms with E-state index in [9.17, 15) is 0 Å². The second kappa shape index (κ2) is 6.00. The van der Waals surface area contributed by atoms with E-state index >= 15 is 0 Å². The van der Waals surface area contributed by atoms with Gasteiger partial charge in [0.05, 0.1) is 19.3 Å². The average molecular weight is 127 g/mol. The Morgan fingerprint density at radius 3 is 2.44 bits per heavy atom. The summed E-state index contributed by atoms with van der Waals surface area (Å²) in [5, 5.41) is 0. The van der Waals surface area contributed by atoms with Crippen LogP contribution in [0.1, 0.15) is 46.5 Å². The van der Waals surface area contributed by atoms with Crippen molar-refractivity contribution in [2.45, 2.75) is 46.5 Å². The summed E-state index contributed by atoms with van der Waals surface area (Å²) in [4.78, 5) is 0. The number of unbranched alkanes of at least 4 members (excludes halogenated alkanes) is 2. The van der Waals surface area contributed by atoms with E-state index in [2.05, 4.69) is 27.2 Å². The lowest BCUT2D eigenvalue weighted by Crippen LogP contribution is -1.91. The number of rotatable bonds is 5. The van der Waals surface area contributed by atoms with Crippen LogP contribution in [0.25, 0.3) is 0 Å². The van der Waals surface area contributed by atoms with Crippen molar-refractivity contribution in [3.8, 4) is 0 Å². The zero-order valence-corrected chi connectivity index (χ0v) is 6.98. The van der Waals surface area contributed by atoms with Gasteiger partial charge in [0.2, 0.25) is 0 Å². The predicted molar refractivity (Wildman–Crippen MR) is 43.3 cm³/mol. The molecule has 0 aromatic heterocycles. The summed E-state index contributed by atoms with van der Waals surface area (Å²) in [7, 11) is 0. The van der Waals surface area contributed by atoms with Crippen molar-refractivity contribution in [1.82, 2.24) is 0 Å². The van der Waals surface area contributed by atoms with E-state index in [1.165, 1.54) is 25.7 Å². The molecule has 0 heteroatoms. The van der Waals surface area contributed by atoms with Gasteiger partial charge in [0.15, 0.2) is 0 Å². The van der Waals surface area contributed by atoms with E-state index in [-0.39, 0.29) is 0 Å². The molecule has 0 rings (SSSR count). The maximum absolute atomic E-state index is 2.29. The third-order valence-electron chi connectivity index (χ3n) is 1.83. The highest BCUT2D eigenvalue weighted by molar-refractivity contribution is 4.65. The topological polar surface area (TPSA) is 0 Å². The van der Waals surface area contributed by atoms with Crippen molar-refractivity contribution in [3.63, 3.8) is 0 Å². The second-order valence-corrected chi connectivity index (χ2v) is 2.81. The van der Waals surface area contributed by atoms with Crippen LogP contribution in [-0.4, -0.2) is 0 Å². The summed E-state index contributed by atoms with van der Waals surface area (Å²) in [5.74, 6) is 0.830. The summed E-state index contributed by atoms with van der Waals surface area (Å²) in [6.07, 6.45) is 7.82. The van der Waals surface area contributed by atoms with Gasteiger partial charge in [0.25, 0.3) is 0 Å². The minimum atomic E-state index is 0.830. The molecule has 0 aromatic carbocycles. The molecule has 0 nitrogen and oxygen atoms in total. The van der Waals surface area contributed by atoms with E-state index in [1.54, 1.807) is 0 Å². The molecule has 0 heterocycles. The lowest BCUT2D eigenvalue weighted by atomic mass is 10.0. The monoisotopic (exact) mass is 127 g/mol. The first kappa shape index (κ1) is 8.87. The second-order valence-electron chi connectivity index (χ2n) is 2.81. The molecule has 0 saturated heterocycles. The van der Waals surface area contributed by atoms with Crippen LogP contribution in [0.2, 0.25) is 0 Å². The maximum Gasteiger partial charge on any atom is 0.0946 e. The Bertz CT molecular complexity index is 48.0. The largest absolute Gasteiger partial charge is 0.0946 e. The van der Waals surface area contributed by atoms with Crippen molar-refractivity contribution < 1.29 is 0 Å². The molecule has 1 unspecified atom stereocenters. The highest BCUT2D eigenvalue weighted by atomic mass is 14.0. The third kappa shape index (κ3) is 5.75. The van der Waals surface area contributed by atoms with Gasteiger partial charge in [0.1, 0.15) is 0 Å². The first-order chi connectivity index (χ1) is 4.31. The molecule has 0 aliphatic rings. The Kier molecular flexibility index (Phi) is 5.91. The van der Waals surface area contributed by atoms with Crippen molar-refractivity contribution >= 4 is 0 Å². The minimum absolute atomic E-state index is 0.830. The SMILES string of the molecule is C[CH+]C(C)CCCCC. The molecule has 1 atom stereocenters. The molecular formula is C9H19+. The Morgan fingerprint density at radius 2 is 2.00 bits per heavy atom. The minimum Gasteiger partial charge on any atom is -0.0654 e. The van der Waals surface area contributed by atoms with Crippen LogP contribution >= 0.6 is 0 Å². The molecule has 9 heavy (non-hydrogen) atoms. The lowest BCUT2D eigenvalue weighted by molar-refractivity contribution is 0.550.